The summed E-state index contributed by atoms with van der Waals surface area (Å²) in [5.41, 5.74) is 10.0. The van der Waals surface area contributed by atoms with Crippen LogP contribution in [-0.4, -0.2) is 90.3 Å². The maximum absolute atomic E-state index is 13.3. The largest absolute Gasteiger partial charge is 0.496 e. The number of aryl methyl sites for hydroxylation is 4. The van der Waals surface area contributed by atoms with E-state index in [1.54, 1.807) is 103 Å². The van der Waals surface area contributed by atoms with E-state index in [1.807, 2.05) is 53.7 Å². The fourth-order valence-electron chi connectivity index (χ4n) is 6.50. The molecule has 0 aliphatic heterocycles. The van der Waals surface area contributed by atoms with E-state index in [1.165, 1.54) is 5.01 Å². The molecule has 4 aromatic rings. The highest BCUT2D eigenvalue weighted by molar-refractivity contribution is 7.35. The quantitative estimate of drug-likeness (QED) is 0.0736. The van der Waals surface area contributed by atoms with Gasteiger partial charge in [-0.2, -0.15) is 0 Å². The minimum atomic E-state index is -1.24. The van der Waals surface area contributed by atoms with Gasteiger partial charge in [-0.05, 0) is 130 Å². The van der Waals surface area contributed by atoms with Crippen molar-refractivity contribution in [3.63, 3.8) is 0 Å². The van der Waals surface area contributed by atoms with Crippen LogP contribution in [0.3, 0.4) is 0 Å². The molecule has 0 atom stereocenters. The molecule has 0 fully saturated rings. The van der Waals surface area contributed by atoms with Gasteiger partial charge in [-0.1, -0.05) is 60.4 Å². The van der Waals surface area contributed by atoms with Crippen LogP contribution in [0, 0.1) is 27.7 Å². The van der Waals surface area contributed by atoms with Gasteiger partial charge in [0.2, 0.25) is 0 Å². The first-order chi connectivity index (χ1) is 28.7. The number of hydrogen-bond donors (Lipinski definition) is 3. The number of aliphatic hydroxyl groups excluding tert-OH is 1. The van der Waals surface area contributed by atoms with Gasteiger partial charge in [0.1, 0.15) is 23.3 Å². The number of nitrogens with one attached hydrogen (secondary N) is 2. The first-order valence-electron chi connectivity index (χ1n) is 20.2. The lowest BCUT2D eigenvalue weighted by molar-refractivity contribution is -0.116. The molecular formula is C48H65N4O8P. The maximum atomic E-state index is 13.3. The Kier molecular flexibility index (Phi) is 19.8. The third kappa shape index (κ3) is 13.7. The maximum Gasteiger partial charge on any atom is 0.273 e. The minimum absolute atomic E-state index is 0.317. The summed E-state index contributed by atoms with van der Waals surface area (Å²) in [6, 6.07) is 21.3. The SMILES string of the molecule is CCc1c(OC)cccc1C(=O)NN(C(=O)c1cc(C)cc(C)c1)C(C)(C)C=O.CCc1c(OC)cccc1C(=O)NN(C(=O)c1cc(C)cc(C)c1)C(C)(C)CO.CPC. The molecule has 0 aliphatic rings. The van der Waals surface area contributed by atoms with E-state index in [4.69, 9.17) is 9.47 Å². The van der Waals surface area contributed by atoms with Gasteiger partial charge in [0.25, 0.3) is 23.6 Å². The van der Waals surface area contributed by atoms with Crippen LogP contribution in [0.5, 0.6) is 11.5 Å². The Balaban J connectivity index is 0.000000395. The number of carbonyl (C=O) groups excluding carboxylic acids is 5. The smallest absolute Gasteiger partial charge is 0.273 e. The van der Waals surface area contributed by atoms with Gasteiger partial charge in [0.05, 0.1) is 26.4 Å². The molecule has 0 saturated heterocycles. The van der Waals surface area contributed by atoms with Crippen LogP contribution in [0.1, 0.15) is 116 Å². The zero-order valence-electron chi connectivity index (χ0n) is 38.3. The van der Waals surface area contributed by atoms with Crippen molar-refractivity contribution in [2.24, 2.45) is 0 Å². The first kappa shape index (κ1) is 51.6. The van der Waals surface area contributed by atoms with Crippen molar-refractivity contribution in [2.75, 3.05) is 34.2 Å². The second-order valence-corrected chi connectivity index (χ2v) is 16.8. The summed E-state index contributed by atoms with van der Waals surface area (Å²) in [5, 5.41) is 12.2. The lowest BCUT2D eigenvalue weighted by Crippen LogP contribution is -2.59. The standard InChI is InChI=1S/C23H30N2O4.C23H28N2O4.C2H7P/c2*1-7-18-19(9-8-10-20(18)29-6)21(27)24-25(23(4,5)14-26)22(28)17-12-15(2)11-16(3)13-17;1-3-2/h8-13,26H,7,14H2,1-6H3,(H,24,27);8-14H,7H2,1-6H3,(H,24,27);3H,1-2H3. The number of carbonyl (C=O) groups is 5. The van der Waals surface area contributed by atoms with Crippen molar-refractivity contribution >= 4 is 38.5 Å². The van der Waals surface area contributed by atoms with Gasteiger partial charge in [-0.15, -0.1) is 8.58 Å². The van der Waals surface area contributed by atoms with Crippen molar-refractivity contribution in [1.29, 1.82) is 0 Å². The highest BCUT2D eigenvalue weighted by Crippen LogP contribution is 2.26. The van der Waals surface area contributed by atoms with Crippen LogP contribution >= 0.6 is 8.58 Å². The molecule has 4 aromatic carbocycles. The lowest BCUT2D eigenvalue weighted by Gasteiger charge is -2.37. The number of aldehydes is 1. The van der Waals surface area contributed by atoms with E-state index in [2.05, 4.69) is 24.2 Å². The predicted octanol–water partition coefficient (Wildman–Crippen LogP) is 8.00. The molecule has 13 heteroatoms. The Hall–Kier alpha value is -5.58. The third-order valence-electron chi connectivity index (χ3n) is 9.53. The molecule has 0 spiro atoms. The zero-order chi connectivity index (χ0) is 46.2. The van der Waals surface area contributed by atoms with Gasteiger partial charge < -0.3 is 19.4 Å². The molecule has 0 aliphatic carbocycles. The highest BCUT2D eigenvalue weighted by atomic mass is 31.1. The Bertz CT molecular complexity index is 2130. The number of hydrogen-bond acceptors (Lipinski definition) is 8. The summed E-state index contributed by atoms with van der Waals surface area (Å²) in [7, 11) is 4.18. The van der Waals surface area contributed by atoms with E-state index in [0.29, 0.717) is 52.9 Å². The molecule has 0 heterocycles. The Morgan fingerprint density at radius 3 is 1.31 bits per heavy atom. The summed E-state index contributed by atoms with van der Waals surface area (Å²) in [6.45, 7) is 22.0. The van der Waals surface area contributed by atoms with Gasteiger partial charge in [0.15, 0.2) is 0 Å². The molecule has 61 heavy (non-hydrogen) atoms. The topological polar surface area (TPSA) is 155 Å². The number of amides is 4. The molecule has 0 saturated carbocycles. The number of ether oxygens (including phenoxy) is 2. The summed E-state index contributed by atoms with van der Waals surface area (Å²) in [5.74, 6) is -0.530. The van der Waals surface area contributed by atoms with E-state index >= 15 is 0 Å². The average molecular weight is 857 g/mol. The van der Waals surface area contributed by atoms with Crippen LogP contribution in [-0.2, 0) is 17.6 Å². The van der Waals surface area contributed by atoms with Gasteiger partial charge in [-0.3, -0.25) is 30.0 Å². The number of benzene rings is 4. The number of methoxy groups -OCH3 is 2. The lowest BCUT2D eigenvalue weighted by atomic mass is 10.0. The van der Waals surface area contributed by atoms with E-state index in [0.717, 1.165) is 47.0 Å². The Labute approximate surface area is 364 Å². The zero-order valence-corrected chi connectivity index (χ0v) is 39.3. The van der Waals surface area contributed by atoms with Crippen molar-refractivity contribution in [3.05, 3.63) is 128 Å². The molecule has 4 rings (SSSR count). The van der Waals surface area contributed by atoms with Gasteiger partial charge in [0, 0.05) is 33.4 Å². The summed E-state index contributed by atoms with van der Waals surface area (Å²) >= 11 is 0. The average Bonchev–Trinajstić information content (AvgIpc) is 3.22. The van der Waals surface area contributed by atoms with E-state index < -0.39 is 28.8 Å². The number of rotatable bonds is 12. The number of hydrazine groups is 2. The van der Waals surface area contributed by atoms with Crippen LogP contribution in [0.15, 0.2) is 72.8 Å². The Morgan fingerprint density at radius 1 is 0.656 bits per heavy atom. The first-order valence-corrected chi connectivity index (χ1v) is 22.2. The predicted molar refractivity (Wildman–Crippen MR) is 245 cm³/mol. The molecule has 0 radical (unpaired) electrons. The molecule has 0 bridgehead atoms. The van der Waals surface area contributed by atoms with Crippen molar-refractivity contribution in [3.8, 4) is 11.5 Å². The van der Waals surface area contributed by atoms with Crippen LogP contribution in [0.4, 0.5) is 0 Å². The molecule has 0 unspecified atom stereocenters. The van der Waals surface area contributed by atoms with E-state index in [-0.39, 0.29) is 12.5 Å². The monoisotopic (exact) mass is 856 g/mol. The van der Waals surface area contributed by atoms with Crippen LogP contribution < -0.4 is 20.3 Å². The molecule has 0 aromatic heterocycles. The molecule has 12 nitrogen and oxygen atoms in total. The van der Waals surface area contributed by atoms with E-state index in [9.17, 15) is 29.1 Å². The highest BCUT2D eigenvalue weighted by Gasteiger charge is 2.35. The fourth-order valence-corrected chi connectivity index (χ4v) is 6.50. The van der Waals surface area contributed by atoms with Crippen molar-refractivity contribution in [2.45, 2.75) is 93.2 Å². The summed E-state index contributed by atoms with van der Waals surface area (Å²) in [6.07, 6.45) is 1.82. The minimum Gasteiger partial charge on any atom is -0.496 e. The van der Waals surface area contributed by atoms with Crippen molar-refractivity contribution in [1.82, 2.24) is 20.9 Å². The van der Waals surface area contributed by atoms with Crippen molar-refractivity contribution < 1.29 is 38.6 Å². The Morgan fingerprint density at radius 2 is 1.00 bits per heavy atom. The number of nitrogens with zero attached hydrogens (tertiary/aromatic N) is 2. The molecular weight excluding hydrogens is 792 g/mol. The summed E-state index contributed by atoms with van der Waals surface area (Å²) in [4.78, 5) is 64.4. The second-order valence-electron chi connectivity index (χ2n) is 15.8. The molecule has 330 valence electrons. The fraction of sp³-hybridized carbons (Fsp3) is 0.396. The second kappa shape index (κ2) is 23.4. The molecule has 3 N–H and O–H groups in total. The number of aliphatic hydroxyl groups is 1. The van der Waals surface area contributed by atoms with Gasteiger partial charge >= 0.3 is 0 Å². The van der Waals surface area contributed by atoms with Gasteiger partial charge in [-0.25, -0.2) is 10.0 Å². The molecule has 4 amide bonds. The van der Waals surface area contributed by atoms with Crippen LogP contribution in [0.2, 0.25) is 0 Å². The van der Waals surface area contributed by atoms with Crippen LogP contribution in [0.25, 0.3) is 0 Å². The summed E-state index contributed by atoms with van der Waals surface area (Å²) < 4.78 is 10.7. The normalized spacial score (nSPS) is 10.8. The third-order valence-corrected chi connectivity index (χ3v) is 9.53.